The van der Waals surface area contributed by atoms with Crippen LogP contribution in [0.1, 0.15) is 0 Å². The molecule has 0 atom stereocenters. The summed E-state index contributed by atoms with van der Waals surface area (Å²) >= 11 is 10.1. The molecule has 4 nitrogen and oxygen atoms in total. The van der Waals surface area contributed by atoms with Crippen molar-refractivity contribution < 1.29 is 19.7 Å². The molecule has 0 unspecified atom stereocenters. The smallest absolute Gasteiger partial charge is 0.151 e. The van der Waals surface area contributed by atoms with Crippen LogP contribution in [0.2, 0.25) is 0 Å². The number of hydrogen-bond donors (Lipinski definition) is 2. The van der Waals surface area contributed by atoms with Crippen molar-refractivity contribution in [2.45, 2.75) is 0 Å². The number of halogens is 3. The van der Waals surface area contributed by atoms with Crippen LogP contribution in [-0.2, 0) is 0 Å². The highest BCUT2D eigenvalue weighted by Gasteiger charge is 2.16. The second-order valence-corrected chi connectivity index (χ2v) is 5.46. The second kappa shape index (κ2) is 7.58. The van der Waals surface area contributed by atoms with E-state index in [0.29, 0.717) is 16.0 Å². The van der Waals surface area contributed by atoms with Crippen molar-refractivity contribution in [1.29, 1.82) is 0 Å². The predicted molar refractivity (Wildman–Crippen MR) is 74.7 cm³/mol. The van der Waals surface area contributed by atoms with E-state index in [9.17, 15) is 0 Å². The first-order valence-corrected chi connectivity index (χ1v) is 7.14. The van der Waals surface area contributed by atoms with E-state index in [1.54, 1.807) is 6.07 Å². The first-order valence-electron chi connectivity index (χ1n) is 4.76. The summed E-state index contributed by atoms with van der Waals surface area (Å²) in [4.78, 5) is 0. The topological polar surface area (TPSA) is 58.9 Å². The molecular formula is C10H11Br3O4. The van der Waals surface area contributed by atoms with Gasteiger partial charge in [-0.2, -0.15) is 0 Å². The van der Waals surface area contributed by atoms with Crippen molar-refractivity contribution in [1.82, 2.24) is 0 Å². The van der Waals surface area contributed by atoms with Gasteiger partial charge in [-0.25, -0.2) is 0 Å². The maximum absolute atomic E-state index is 8.75. The van der Waals surface area contributed by atoms with Gasteiger partial charge >= 0.3 is 0 Å². The SMILES string of the molecule is OCCOc1c(Br)cc(Br)c(OCCO)c1Br. The molecule has 96 valence electrons. The molecule has 0 spiro atoms. The summed E-state index contributed by atoms with van der Waals surface area (Å²) in [5.41, 5.74) is 0. The summed E-state index contributed by atoms with van der Waals surface area (Å²) in [6.45, 7) is 0.250. The lowest BCUT2D eigenvalue weighted by atomic mass is 10.3. The zero-order chi connectivity index (χ0) is 12.8. The molecule has 1 aromatic rings. The van der Waals surface area contributed by atoms with Crippen molar-refractivity contribution in [3.63, 3.8) is 0 Å². The van der Waals surface area contributed by atoms with Gasteiger partial charge in [0.05, 0.1) is 22.2 Å². The van der Waals surface area contributed by atoms with Crippen LogP contribution in [0.4, 0.5) is 0 Å². The normalized spacial score (nSPS) is 10.4. The molecule has 0 radical (unpaired) electrons. The molecule has 2 N–H and O–H groups in total. The number of aliphatic hydroxyl groups is 2. The molecule has 0 saturated heterocycles. The van der Waals surface area contributed by atoms with Gasteiger partial charge in [-0.15, -0.1) is 0 Å². The zero-order valence-electron chi connectivity index (χ0n) is 8.75. The van der Waals surface area contributed by atoms with Crippen LogP contribution in [0.25, 0.3) is 0 Å². The quantitative estimate of drug-likeness (QED) is 0.722. The summed E-state index contributed by atoms with van der Waals surface area (Å²) < 4.78 is 12.9. The highest BCUT2D eigenvalue weighted by atomic mass is 79.9. The second-order valence-electron chi connectivity index (χ2n) is 2.96. The molecule has 0 aliphatic rings. The molecule has 0 bridgehead atoms. The van der Waals surface area contributed by atoms with Gasteiger partial charge in [-0.05, 0) is 53.9 Å². The predicted octanol–water partition coefficient (Wildman–Crippen LogP) is 2.72. The lowest BCUT2D eigenvalue weighted by Gasteiger charge is -2.15. The Morgan fingerprint density at radius 1 is 0.882 bits per heavy atom. The fraction of sp³-hybridized carbons (Fsp3) is 0.400. The van der Waals surface area contributed by atoms with Crippen LogP contribution in [0.5, 0.6) is 11.5 Å². The van der Waals surface area contributed by atoms with E-state index in [1.165, 1.54) is 0 Å². The van der Waals surface area contributed by atoms with E-state index in [2.05, 4.69) is 47.8 Å². The molecule has 0 heterocycles. The number of aliphatic hydroxyl groups excluding tert-OH is 2. The number of ether oxygens (including phenoxy) is 2. The van der Waals surface area contributed by atoms with E-state index in [1.807, 2.05) is 0 Å². The molecule has 17 heavy (non-hydrogen) atoms. The van der Waals surface area contributed by atoms with Gasteiger partial charge in [-0.1, -0.05) is 0 Å². The summed E-state index contributed by atoms with van der Waals surface area (Å²) in [5.74, 6) is 1.10. The van der Waals surface area contributed by atoms with Gasteiger partial charge in [0.25, 0.3) is 0 Å². The Morgan fingerprint density at radius 3 is 1.65 bits per heavy atom. The largest absolute Gasteiger partial charge is 0.489 e. The van der Waals surface area contributed by atoms with Crippen molar-refractivity contribution in [3.05, 3.63) is 19.5 Å². The van der Waals surface area contributed by atoms with E-state index in [0.717, 1.165) is 8.95 Å². The average Bonchev–Trinajstić information content (AvgIpc) is 2.28. The Morgan fingerprint density at radius 2 is 1.29 bits per heavy atom. The zero-order valence-corrected chi connectivity index (χ0v) is 13.5. The van der Waals surface area contributed by atoms with Gasteiger partial charge in [-0.3, -0.25) is 0 Å². The maximum atomic E-state index is 8.75. The summed E-state index contributed by atoms with van der Waals surface area (Å²) in [6.07, 6.45) is 0. The van der Waals surface area contributed by atoms with Crippen LogP contribution < -0.4 is 9.47 Å². The lowest BCUT2D eigenvalue weighted by molar-refractivity contribution is 0.192. The van der Waals surface area contributed by atoms with Crippen molar-refractivity contribution in [2.75, 3.05) is 26.4 Å². The van der Waals surface area contributed by atoms with E-state index in [4.69, 9.17) is 19.7 Å². The minimum Gasteiger partial charge on any atom is -0.489 e. The highest BCUT2D eigenvalue weighted by Crippen LogP contribution is 2.45. The first-order chi connectivity index (χ1) is 8.11. The minimum absolute atomic E-state index is 0.0677. The molecule has 0 amide bonds. The van der Waals surface area contributed by atoms with E-state index < -0.39 is 0 Å². The molecule has 7 heteroatoms. The van der Waals surface area contributed by atoms with E-state index >= 15 is 0 Å². The molecule has 1 rings (SSSR count). The van der Waals surface area contributed by atoms with Gasteiger partial charge in [0.2, 0.25) is 0 Å². The number of rotatable bonds is 6. The van der Waals surface area contributed by atoms with Crippen LogP contribution in [0, 0.1) is 0 Å². The fourth-order valence-electron chi connectivity index (χ4n) is 1.12. The third-order valence-corrected chi connectivity index (χ3v) is 3.66. The Balaban J connectivity index is 3.04. The molecule has 0 aliphatic heterocycles. The van der Waals surface area contributed by atoms with Gasteiger partial charge < -0.3 is 19.7 Å². The van der Waals surface area contributed by atoms with Crippen LogP contribution >= 0.6 is 47.8 Å². The third kappa shape index (κ3) is 4.10. The van der Waals surface area contributed by atoms with Crippen molar-refractivity contribution >= 4 is 47.8 Å². The summed E-state index contributed by atoms with van der Waals surface area (Å²) in [5, 5.41) is 17.5. The summed E-state index contributed by atoms with van der Waals surface area (Å²) in [6, 6.07) is 1.78. The molecule has 0 saturated carbocycles. The minimum atomic E-state index is -0.0677. The monoisotopic (exact) mass is 432 g/mol. The van der Waals surface area contributed by atoms with Crippen molar-refractivity contribution in [2.24, 2.45) is 0 Å². The summed E-state index contributed by atoms with van der Waals surface area (Å²) in [7, 11) is 0. The van der Waals surface area contributed by atoms with Crippen LogP contribution in [-0.4, -0.2) is 36.6 Å². The van der Waals surface area contributed by atoms with Crippen LogP contribution in [0.3, 0.4) is 0 Å². The Kier molecular flexibility index (Phi) is 6.79. The van der Waals surface area contributed by atoms with Gasteiger partial charge in [0.15, 0.2) is 11.5 Å². The molecule has 0 aliphatic carbocycles. The third-order valence-electron chi connectivity index (χ3n) is 1.76. The Bertz CT molecular complexity index is 352. The fourth-order valence-corrected chi connectivity index (χ4v) is 3.69. The molecule has 1 aromatic carbocycles. The molecule has 0 aromatic heterocycles. The first kappa shape index (κ1) is 15.2. The van der Waals surface area contributed by atoms with Gasteiger partial charge in [0.1, 0.15) is 17.7 Å². The van der Waals surface area contributed by atoms with E-state index in [-0.39, 0.29) is 26.4 Å². The molecular weight excluding hydrogens is 424 g/mol. The lowest BCUT2D eigenvalue weighted by Crippen LogP contribution is -2.06. The average molecular weight is 435 g/mol. The molecule has 0 fully saturated rings. The van der Waals surface area contributed by atoms with Crippen LogP contribution in [0.15, 0.2) is 19.5 Å². The number of benzene rings is 1. The maximum Gasteiger partial charge on any atom is 0.151 e. The van der Waals surface area contributed by atoms with Crippen molar-refractivity contribution in [3.8, 4) is 11.5 Å². The Labute approximate surface area is 124 Å². The standard InChI is InChI=1S/C10H11Br3O4/c11-6-5-7(12)10(17-4-2-15)8(13)9(6)16-3-1-14/h5,14-15H,1-4H2. The van der Waals surface area contributed by atoms with Gasteiger partial charge in [0, 0.05) is 0 Å². The Hall–Kier alpha value is 0.180. The highest BCUT2D eigenvalue weighted by molar-refractivity contribution is 9.11. The number of hydrogen-bond acceptors (Lipinski definition) is 4.